The number of amides is 2. The second-order valence-corrected chi connectivity index (χ2v) is 7.22. The summed E-state index contributed by atoms with van der Waals surface area (Å²) in [4.78, 5) is 35.7. The second-order valence-electron chi connectivity index (χ2n) is 7.22. The van der Waals surface area contributed by atoms with Crippen molar-refractivity contribution in [2.75, 3.05) is 25.0 Å². The minimum atomic E-state index is -0.401. The molecule has 3 aromatic rings. The predicted octanol–water partition coefficient (Wildman–Crippen LogP) is 3.65. The number of anilines is 1. The number of pyridine rings is 1. The van der Waals surface area contributed by atoms with E-state index in [1.165, 1.54) is 0 Å². The number of nitrogens with one attached hydrogen (secondary N) is 1. The van der Waals surface area contributed by atoms with E-state index in [9.17, 15) is 9.59 Å². The average molecular weight is 407 g/mol. The van der Waals surface area contributed by atoms with Crippen molar-refractivity contribution in [3.63, 3.8) is 0 Å². The Kier molecular flexibility index (Phi) is 5.65. The van der Waals surface area contributed by atoms with Crippen molar-refractivity contribution in [1.82, 2.24) is 19.4 Å². The maximum absolute atomic E-state index is 12.8. The molecule has 0 spiro atoms. The Morgan fingerprint density at radius 2 is 2.10 bits per heavy atom. The van der Waals surface area contributed by atoms with Crippen LogP contribution in [0.25, 0.3) is 11.2 Å². The van der Waals surface area contributed by atoms with Crippen molar-refractivity contribution in [3.05, 3.63) is 54.0 Å². The van der Waals surface area contributed by atoms with Gasteiger partial charge in [-0.25, -0.2) is 19.6 Å². The van der Waals surface area contributed by atoms with Gasteiger partial charge in [0.15, 0.2) is 5.65 Å². The number of nitrogens with zero attached hydrogens (tertiary/aromatic N) is 4. The van der Waals surface area contributed by atoms with Crippen LogP contribution in [0.4, 0.5) is 10.5 Å². The molecule has 8 heteroatoms. The number of benzene rings is 1. The molecule has 3 heterocycles. The first kappa shape index (κ1) is 19.9. The van der Waals surface area contributed by atoms with Gasteiger partial charge < -0.3 is 19.5 Å². The molecule has 0 saturated carbocycles. The minimum Gasteiger partial charge on any atom is -0.462 e. The molecule has 0 aliphatic carbocycles. The van der Waals surface area contributed by atoms with E-state index >= 15 is 0 Å². The molecule has 0 radical (unpaired) electrons. The molecule has 1 aliphatic heterocycles. The number of rotatable bonds is 5. The fourth-order valence-electron chi connectivity index (χ4n) is 3.90. The standard InChI is InChI=1S/C22H25N5O3/c1-3-27-19(25-18-9-6-11-23-20(18)27)16-10-12-26(14-16)22(29)24-17-8-5-7-15(13-17)21(28)30-4-2/h5-9,11,13,16H,3-4,10,12,14H2,1-2H3,(H,24,29)/t16-/m0/s1. The van der Waals surface area contributed by atoms with E-state index in [1.54, 1.807) is 42.3 Å². The van der Waals surface area contributed by atoms with Gasteiger partial charge in [-0.15, -0.1) is 0 Å². The van der Waals surface area contributed by atoms with E-state index in [-0.39, 0.29) is 11.9 Å². The lowest BCUT2D eigenvalue weighted by Gasteiger charge is -2.18. The van der Waals surface area contributed by atoms with Crippen molar-refractivity contribution in [2.45, 2.75) is 32.7 Å². The number of aryl methyl sites for hydroxylation is 1. The van der Waals surface area contributed by atoms with E-state index in [0.717, 1.165) is 30.0 Å². The number of urea groups is 1. The van der Waals surface area contributed by atoms with Crippen LogP contribution in [0.5, 0.6) is 0 Å². The summed E-state index contributed by atoms with van der Waals surface area (Å²) in [6.45, 7) is 6.17. The number of aromatic nitrogens is 3. The first-order valence-electron chi connectivity index (χ1n) is 10.2. The van der Waals surface area contributed by atoms with Crippen LogP contribution < -0.4 is 5.32 Å². The highest BCUT2D eigenvalue weighted by molar-refractivity contribution is 5.94. The molecule has 1 aromatic carbocycles. The van der Waals surface area contributed by atoms with E-state index < -0.39 is 5.97 Å². The van der Waals surface area contributed by atoms with Crippen LogP contribution in [-0.4, -0.2) is 51.1 Å². The molecule has 2 amide bonds. The van der Waals surface area contributed by atoms with Crippen LogP contribution in [0.3, 0.4) is 0 Å². The van der Waals surface area contributed by atoms with Crippen molar-refractivity contribution < 1.29 is 14.3 Å². The molecule has 2 aromatic heterocycles. The van der Waals surface area contributed by atoms with Gasteiger partial charge in [0.1, 0.15) is 11.3 Å². The lowest BCUT2D eigenvalue weighted by atomic mass is 10.1. The summed E-state index contributed by atoms with van der Waals surface area (Å²) in [6.07, 6.45) is 2.62. The summed E-state index contributed by atoms with van der Waals surface area (Å²) in [7, 11) is 0. The molecule has 4 rings (SSSR count). The van der Waals surface area contributed by atoms with Gasteiger partial charge >= 0.3 is 12.0 Å². The number of hydrogen-bond acceptors (Lipinski definition) is 5. The second kappa shape index (κ2) is 8.52. The topological polar surface area (TPSA) is 89.3 Å². The number of carbonyl (C=O) groups is 2. The summed E-state index contributed by atoms with van der Waals surface area (Å²) < 4.78 is 7.15. The van der Waals surface area contributed by atoms with Gasteiger partial charge in [-0.2, -0.15) is 0 Å². The third-order valence-electron chi connectivity index (χ3n) is 5.32. The zero-order chi connectivity index (χ0) is 21.1. The fourth-order valence-corrected chi connectivity index (χ4v) is 3.90. The summed E-state index contributed by atoms with van der Waals surface area (Å²) in [5.74, 6) is 0.739. The lowest BCUT2D eigenvalue weighted by molar-refractivity contribution is 0.0526. The molecule has 1 fully saturated rings. The Morgan fingerprint density at radius 3 is 2.90 bits per heavy atom. The molecule has 30 heavy (non-hydrogen) atoms. The number of esters is 1. The molecule has 156 valence electrons. The Hall–Kier alpha value is -3.42. The van der Waals surface area contributed by atoms with Crippen LogP contribution in [0.1, 0.15) is 42.4 Å². The van der Waals surface area contributed by atoms with E-state index in [4.69, 9.17) is 9.72 Å². The number of fused-ring (bicyclic) bond motifs is 1. The Morgan fingerprint density at radius 1 is 1.23 bits per heavy atom. The van der Waals surface area contributed by atoms with Gasteiger partial charge in [-0.3, -0.25) is 0 Å². The number of likely N-dealkylation sites (tertiary alicyclic amines) is 1. The molecule has 1 N–H and O–H groups in total. The molecule has 1 atom stereocenters. The van der Waals surface area contributed by atoms with Crippen molar-refractivity contribution in [3.8, 4) is 0 Å². The van der Waals surface area contributed by atoms with Crippen molar-refractivity contribution in [1.29, 1.82) is 0 Å². The smallest absolute Gasteiger partial charge is 0.338 e. The van der Waals surface area contributed by atoms with Crippen LogP contribution in [0, 0.1) is 0 Å². The van der Waals surface area contributed by atoms with Crippen LogP contribution in [-0.2, 0) is 11.3 Å². The van der Waals surface area contributed by atoms with Crippen molar-refractivity contribution in [2.24, 2.45) is 0 Å². The first-order chi connectivity index (χ1) is 14.6. The van der Waals surface area contributed by atoms with E-state index in [0.29, 0.717) is 30.9 Å². The lowest BCUT2D eigenvalue weighted by Crippen LogP contribution is -2.33. The third-order valence-corrected chi connectivity index (χ3v) is 5.32. The van der Waals surface area contributed by atoms with Gasteiger partial charge in [0.05, 0.1) is 12.2 Å². The number of ether oxygens (including phenoxy) is 1. The molecule has 1 saturated heterocycles. The molecule has 0 bridgehead atoms. The Bertz CT molecular complexity index is 1080. The van der Waals surface area contributed by atoms with Gasteiger partial charge in [0.25, 0.3) is 0 Å². The normalized spacial score (nSPS) is 16.1. The Labute approximate surface area is 174 Å². The van der Waals surface area contributed by atoms with Gasteiger partial charge in [0.2, 0.25) is 0 Å². The van der Waals surface area contributed by atoms with Crippen molar-refractivity contribution >= 4 is 28.9 Å². The minimum absolute atomic E-state index is 0.163. The highest BCUT2D eigenvalue weighted by Crippen LogP contribution is 2.29. The summed E-state index contributed by atoms with van der Waals surface area (Å²) in [5, 5.41) is 2.89. The number of imidazole rings is 1. The maximum atomic E-state index is 12.8. The van der Waals surface area contributed by atoms with E-state index in [1.807, 2.05) is 12.1 Å². The quantitative estimate of drug-likeness (QED) is 0.652. The highest BCUT2D eigenvalue weighted by Gasteiger charge is 2.31. The molecular formula is C22H25N5O3. The maximum Gasteiger partial charge on any atom is 0.338 e. The van der Waals surface area contributed by atoms with Crippen LogP contribution in [0.2, 0.25) is 0 Å². The molecular weight excluding hydrogens is 382 g/mol. The van der Waals surface area contributed by atoms with Crippen LogP contribution >= 0.6 is 0 Å². The largest absolute Gasteiger partial charge is 0.462 e. The monoisotopic (exact) mass is 407 g/mol. The summed E-state index contributed by atoms with van der Waals surface area (Å²) in [6, 6.07) is 10.5. The highest BCUT2D eigenvalue weighted by atomic mass is 16.5. The number of carbonyl (C=O) groups excluding carboxylic acids is 2. The van der Waals surface area contributed by atoms with E-state index in [2.05, 4.69) is 21.8 Å². The zero-order valence-electron chi connectivity index (χ0n) is 17.2. The molecule has 0 unspecified atom stereocenters. The zero-order valence-corrected chi connectivity index (χ0v) is 17.2. The molecule has 8 nitrogen and oxygen atoms in total. The first-order valence-corrected chi connectivity index (χ1v) is 10.2. The summed E-state index contributed by atoms with van der Waals surface area (Å²) >= 11 is 0. The Balaban J connectivity index is 1.46. The van der Waals surface area contributed by atoms with Crippen LogP contribution in [0.15, 0.2) is 42.6 Å². The van der Waals surface area contributed by atoms with Gasteiger partial charge in [0, 0.05) is 37.4 Å². The number of hydrogen-bond donors (Lipinski definition) is 1. The fraction of sp³-hybridized carbons (Fsp3) is 0.364. The predicted molar refractivity (Wildman–Crippen MR) is 114 cm³/mol. The third kappa shape index (κ3) is 3.85. The average Bonchev–Trinajstić information content (AvgIpc) is 3.38. The summed E-state index contributed by atoms with van der Waals surface area (Å²) in [5.41, 5.74) is 2.75. The van der Waals surface area contributed by atoms with Gasteiger partial charge in [-0.1, -0.05) is 6.07 Å². The van der Waals surface area contributed by atoms with Gasteiger partial charge in [-0.05, 0) is 50.6 Å². The SMILES string of the molecule is CCOC(=O)c1cccc(NC(=O)N2CC[C@H](c3nc4cccnc4n3CC)C2)c1. The molecule has 1 aliphatic rings.